The highest BCUT2D eigenvalue weighted by molar-refractivity contribution is 5.42. The number of aliphatic hydroxyl groups excluding tert-OH is 1. The number of benzene rings is 2. The molecular weight excluding hydrogens is 340 g/mol. The quantitative estimate of drug-likeness (QED) is 0.657. The van der Waals surface area contributed by atoms with E-state index in [9.17, 15) is 5.11 Å². The second-order valence-electron chi connectivity index (χ2n) is 6.85. The van der Waals surface area contributed by atoms with Crippen molar-refractivity contribution in [2.24, 2.45) is 0 Å². The average Bonchev–Trinajstić information content (AvgIpc) is 2.67. The van der Waals surface area contributed by atoms with Gasteiger partial charge < -0.3 is 14.6 Å². The summed E-state index contributed by atoms with van der Waals surface area (Å²) in [5.74, 6) is 1.46. The van der Waals surface area contributed by atoms with Crippen LogP contribution in [0.4, 0.5) is 0 Å². The van der Waals surface area contributed by atoms with Crippen LogP contribution in [0, 0.1) is 0 Å². The van der Waals surface area contributed by atoms with E-state index in [1.54, 1.807) is 14.2 Å². The first-order valence-electron chi connectivity index (χ1n) is 9.39. The molecule has 0 amide bonds. The number of hydrogen-bond donors (Lipinski definition) is 1. The molecule has 0 bridgehead atoms. The van der Waals surface area contributed by atoms with E-state index < -0.39 is 6.10 Å². The molecule has 1 unspecified atom stereocenters. The molecule has 0 radical (unpaired) electrons. The molecule has 5 heteroatoms. The predicted molar refractivity (Wildman–Crippen MR) is 109 cm³/mol. The summed E-state index contributed by atoms with van der Waals surface area (Å²) >= 11 is 0. The summed E-state index contributed by atoms with van der Waals surface area (Å²) < 4.78 is 10.7. The van der Waals surface area contributed by atoms with E-state index in [4.69, 9.17) is 9.47 Å². The van der Waals surface area contributed by atoms with Crippen LogP contribution >= 0.6 is 0 Å². The van der Waals surface area contributed by atoms with Crippen LogP contribution in [-0.4, -0.2) is 61.9 Å². The van der Waals surface area contributed by atoms with Gasteiger partial charge in [-0.1, -0.05) is 43.3 Å². The number of nitrogens with zero attached hydrogens (tertiary/aromatic N) is 2. The molecule has 5 nitrogen and oxygen atoms in total. The predicted octanol–water partition coefficient (Wildman–Crippen LogP) is 3.02. The summed E-state index contributed by atoms with van der Waals surface area (Å²) in [4.78, 5) is 4.40. The Morgan fingerprint density at radius 1 is 0.889 bits per heavy atom. The van der Waals surface area contributed by atoms with Crippen LogP contribution in [0.5, 0.6) is 11.5 Å². The first kappa shape index (κ1) is 21.2. The summed E-state index contributed by atoms with van der Waals surface area (Å²) in [5.41, 5.74) is 2.39. The van der Waals surface area contributed by atoms with Gasteiger partial charge in [0.1, 0.15) is 0 Å². The van der Waals surface area contributed by atoms with Gasteiger partial charge in [-0.2, -0.15) is 0 Å². The van der Waals surface area contributed by atoms with Crippen LogP contribution in [0.3, 0.4) is 0 Å². The smallest absolute Gasteiger partial charge is 0.161 e. The maximum Gasteiger partial charge on any atom is 0.161 e. The first-order valence-corrected chi connectivity index (χ1v) is 9.39. The molecule has 0 aromatic heterocycles. The van der Waals surface area contributed by atoms with Crippen molar-refractivity contribution in [1.82, 2.24) is 9.80 Å². The van der Waals surface area contributed by atoms with Crippen LogP contribution in [0.15, 0.2) is 48.5 Å². The van der Waals surface area contributed by atoms with E-state index >= 15 is 0 Å². The molecule has 0 fully saturated rings. The van der Waals surface area contributed by atoms with Crippen molar-refractivity contribution >= 4 is 0 Å². The zero-order valence-corrected chi connectivity index (χ0v) is 16.9. The van der Waals surface area contributed by atoms with Gasteiger partial charge in [-0.25, -0.2) is 0 Å². The third kappa shape index (κ3) is 6.86. The van der Waals surface area contributed by atoms with Crippen LogP contribution in [-0.2, 0) is 13.1 Å². The van der Waals surface area contributed by atoms with Crippen molar-refractivity contribution in [2.75, 3.05) is 40.9 Å². The summed E-state index contributed by atoms with van der Waals surface area (Å²) in [6.07, 6.45) is -0.404. The zero-order chi connectivity index (χ0) is 19.6. The Hall–Kier alpha value is -2.08. The SMILES string of the molecule is CCN(Cc1ccc(OC)c(OC)c1)CC(O)CN(C)Cc1ccccc1. The fourth-order valence-corrected chi connectivity index (χ4v) is 3.22. The minimum Gasteiger partial charge on any atom is -0.493 e. The Balaban J connectivity index is 1.88. The Kier molecular flexibility index (Phi) is 8.58. The van der Waals surface area contributed by atoms with Crippen LogP contribution in [0.25, 0.3) is 0 Å². The normalized spacial score (nSPS) is 12.4. The topological polar surface area (TPSA) is 45.2 Å². The maximum atomic E-state index is 10.5. The summed E-state index contributed by atoms with van der Waals surface area (Å²) in [7, 11) is 5.32. The molecule has 148 valence electrons. The van der Waals surface area contributed by atoms with Gasteiger partial charge >= 0.3 is 0 Å². The first-order chi connectivity index (χ1) is 13.0. The van der Waals surface area contributed by atoms with Crippen LogP contribution < -0.4 is 9.47 Å². The Bertz CT molecular complexity index is 679. The highest BCUT2D eigenvalue weighted by Gasteiger charge is 2.14. The van der Waals surface area contributed by atoms with E-state index in [0.717, 1.165) is 36.7 Å². The highest BCUT2D eigenvalue weighted by Crippen LogP contribution is 2.28. The third-order valence-electron chi connectivity index (χ3n) is 4.59. The van der Waals surface area contributed by atoms with E-state index in [1.807, 2.05) is 43.4 Å². The molecule has 2 aromatic rings. The molecule has 1 atom stereocenters. The van der Waals surface area contributed by atoms with Crippen LogP contribution in [0.2, 0.25) is 0 Å². The molecule has 0 saturated carbocycles. The number of rotatable bonds is 11. The third-order valence-corrected chi connectivity index (χ3v) is 4.59. The van der Waals surface area contributed by atoms with Crippen molar-refractivity contribution < 1.29 is 14.6 Å². The summed E-state index contributed by atoms with van der Waals surface area (Å²) in [6, 6.07) is 16.3. The molecular formula is C22H32N2O3. The molecule has 0 spiro atoms. The van der Waals surface area contributed by atoms with Gasteiger partial charge in [0.25, 0.3) is 0 Å². The number of ether oxygens (including phenoxy) is 2. The van der Waals surface area contributed by atoms with Crippen molar-refractivity contribution in [3.05, 3.63) is 59.7 Å². The van der Waals surface area contributed by atoms with Gasteiger partial charge in [-0.05, 0) is 36.9 Å². The van der Waals surface area contributed by atoms with E-state index in [-0.39, 0.29) is 0 Å². The largest absolute Gasteiger partial charge is 0.493 e. The highest BCUT2D eigenvalue weighted by atomic mass is 16.5. The van der Waals surface area contributed by atoms with Gasteiger partial charge in [-0.15, -0.1) is 0 Å². The van der Waals surface area contributed by atoms with E-state index in [1.165, 1.54) is 5.56 Å². The van der Waals surface area contributed by atoms with Gasteiger partial charge in [0.2, 0.25) is 0 Å². The molecule has 0 aliphatic rings. The fourth-order valence-electron chi connectivity index (χ4n) is 3.22. The molecule has 0 aliphatic carbocycles. The maximum absolute atomic E-state index is 10.5. The second kappa shape index (κ2) is 10.9. The lowest BCUT2D eigenvalue weighted by Crippen LogP contribution is -2.38. The lowest BCUT2D eigenvalue weighted by molar-refractivity contribution is 0.0791. The number of likely N-dealkylation sites (N-methyl/N-ethyl adjacent to an activating group) is 2. The van der Waals surface area contributed by atoms with Crippen molar-refractivity contribution in [2.45, 2.75) is 26.1 Å². The Morgan fingerprint density at radius 3 is 2.22 bits per heavy atom. The lowest BCUT2D eigenvalue weighted by Gasteiger charge is -2.27. The molecule has 0 aliphatic heterocycles. The van der Waals surface area contributed by atoms with Crippen molar-refractivity contribution in [3.8, 4) is 11.5 Å². The molecule has 2 rings (SSSR count). The summed E-state index contributed by atoms with van der Waals surface area (Å²) in [5, 5.41) is 10.5. The second-order valence-corrected chi connectivity index (χ2v) is 6.85. The van der Waals surface area contributed by atoms with Gasteiger partial charge in [0.15, 0.2) is 11.5 Å². The minimum atomic E-state index is -0.404. The number of hydrogen-bond acceptors (Lipinski definition) is 5. The molecule has 2 aromatic carbocycles. The molecule has 27 heavy (non-hydrogen) atoms. The Morgan fingerprint density at radius 2 is 1.59 bits per heavy atom. The molecule has 0 saturated heterocycles. The van der Waals surface area contributed by atoms with Crippen molar-refractivity contribution in [1.29, 1.82) is 0 Å². The van der Waals surface area contributed by atoms with Gasteiger partial charge in [0, 0.05) is 26.2 Å². The minimum absolute atomic E-state index is 0.404. The Labute approximate surface area is 163 Å². The fraction of sp³-hybridized carbons (Fsp3) is 0.455. The standard InChI is InChI=1S/C22H32N2O3/c1-5-24(15-19-11-12-21(26-3)22(13-19)27-4)17-20(25)16-23(2)14-18-9-7-6-8-10-18/h6-13,20,25H,5,14-17H2,1-4H3. The number of aliphatic hydroxyl groups is 1. The van der Waals surface area contributed by atoms with Gasteiger partial charge in [-0.3, -0.25) is 9.80 Å². The van der Waals surface area contributed by atoms with Crippen LogP contribution in [0.1, 0.15) is 18.1 Å². The lowest BCUT2D eigenvalue weighted by atomic mass is 10.1. The number of methoxy groups -OCH3 is 2. The monoisotopic (exact) mass is 372 g/mol. The van der Waals surface area contributed by atoms with E-state index in [0.29, 0.717) is 13.1 Å². The van der Waals surface area contributed by atoms with Crippen molar-refractivity contribution in [3.63, 3.8) is 0 Å². The average molecular weight is 373 g/mol. The molecule has 1 N–H and O–H groups in total. The molecule has 0 heterocycles. The van der Waals surface area contributed by atoms with E-state index in [2.05, 4.69) is 28.9 Å². The summed E-state index contributed by atoms with van der Waals surface area (Å²) in [6.45, 7) is 5.84. The zero-order valence-electron chi connectivity index (χ0n) is 16.9. The van der Waals surface area contributed by atoms with Gasteiger partial charge in [0.05, 0.1) is 20.3 Å².